The maximum Gasteiger partial charge on any atom is 0.161 e. The summed E-state index contributed by atoms with van der Waals surface area (Å²) in [6.07, 6.45) is 11.8. The summed E-state index contributed by atoms with van der Waals surface area (Å²) in [6, 6.07) is 5.69. The van der Waals surface area contributed by atoms with Gasteiger partial charge in [-0.25, -0.2) is 9.37 Å². The number of nitrogens with zero attached hydrogens (tertiary/aromatic N) is 6. The summed E-state index contributed by atoms with van der Waals surface area (Å²) in [7, 11) is 0. The molecule has 0 radical (unpaired) electrons. The van der Waals surface area contributed by atoms with E-state index in [0.717, 1.165) is 28.8 Å². The van der Waals surface area contributed by atoms with E-state index in [-0.39, 0.29) is 5.69 Å². The lowest BCUT2D eigenvalue weighted by Crippen LogP contribution is -2.11. The third-order valence-electron chi connectivity index (χ3n) is 5.79. The number of halogens is 1. The van der Waals surface area contributed by atoms with E-state index in [1.54, 1.807) is 43.4 Å². The average molecular weight is 465 g/mol. The van der Waals surface area contributed by atoms with E-state index in [4.69, 9.17) is 4.98 Å². The van der Waals surface area contributed by atoms with Crippen molar-refractivity contribution in [3.63, 3.8) is 0 Å². The molecule has 10 heteroatoms. The van der Waals surface area contributed by atoms with Crippen molar-refractivity contribution in [1.82, 2.24) is 45.4 Å². The second-order valence-corrected chi connectivity index (χ2v) is 8.05. The van der Waals surface area contributed by atoms with Crippen LogP contribution in [-0.4, -0.2) is 46.6 Å². The molecule has 0 unspecified atom stereocenters. The Hall–Kier alpha value is -4.57. The van der Waals surface area contributed by atoms with E-state index in [0.29, 0.717) is 40.0 Å². The highest BCUT2D eigenvalue weighted by molar-refractivity contribution is 5.97. The molecule has 35 heavy (non-hydrogen) atoms. The summed E-state index contributed by atoms with van der Waals surface area (Å²) in [5, 5.41) is 10.7. The zero-order chi connectivity index (χ0) is 23.8. The molecule has 0 amide bonds. The molecule has 0 aliphatic rings. The molecule has 0 aliphatic carbocycles. The fourth-order valence-electron chi connectivity index (χ4n) is 4.11. The van der Waals surface area contributed by atoms with E-state index in [2.05, 4.69) is 40.4 Å². The number of imidazole rings is 1. The Labute approximate surface area is 198 Å². The molecule has 0 aromatic carbocycles. The van der Waals surface area contributed by atoms with Gasteiger partial charge < -0.3 is 10.3 Å². The van der Waals surface area contributed by atoms with E-state index in [1.807, 2.05) is 25.1 Å². The van der Waals surface area contributed by atoms with Gasteiger partial charge >= 0.3 is 0 Å². The van der Waals surface area contributed by atoms with Gasteiger partial charge in [-0.1, -0.05) is 13.0 Å². The standard InChI is InChI=1S/C25H20FN9/c1-2-27-7-14-6-16(10-29-8-14)22-21(26)20-18(13-31-22)34-35-24(20)25-32-19-12-30-11-17(23(19)33-25)15-4-3-5-28-9-15/h3-6,8-13,27H,2,7H2,1H3,(H,32,33)(H,34,35). The van der Waals surface area contributed by atoms with Gasteiger partial charge in [-0.2, -0.15) is 5.10 Å². The minimum atomic E-state index is -0.486. The molecule has 0 saturated heterocycles. The molecule has 0 fully saturated rings. The lowest BCUT2D eigenvalue weighted by molar-refractivity contribution is 0.638. The molecule has 172 valence electrons. The van der Waals surface area contributed by atoms with Gasteiger partial charge in [0.05, 0.1) is 23.3 Å². The maximum absolute atomic E-state index is 15.9. The summed E-state index contributed by atoms with van der Waals surface area (Å²) >= 11 is 0. The van der Waals surface area contributed by atoms with Crippen LogP contribution in [0.15, 0.2) is 61.6 Å². The number of H-pyrrole nitrogens is 2. The number of rotatable bonds is 6. The minimum absolute atomic E-state index is 0.208. The first kappa shape index (κ1) is 21.0. The normalized spacial score (nSPS) is 11.5. The van der Waals surface area contributed by atoms with Crippen molar-refractivity contribution in [2.24, 2.45) is 0 Å². The summed E-state index contributed by atoms with van der Waals surface area (Å²) in [5.74, 6) is -0.0320. The molecule has 0 atom stereocenters. The second kappa shape index (κ2) is 8.65. The molecule has 6 rings (SSSR count). The molecule has 6 aromatic heterocycles. The van der Waals surface area contributed by atoms with Gasteiger partial charge in [-0.15, -0.1) is 0 Å². The van der Waals surface area contributed by atoms with E-state index in [1.165, 1.54) is 0 Å². The number of nitrogens with one attached hydrogen (secondary N) is 3. The predicted octanol–water partition coefficient (Wildman–Crippen LogP) is 4.27. The summed E-state index contributed by atoms with van der Waals surface area (Å²) in [4.78, 5) is 25.1. The molecular weight excluding hydrogens is 445 g/mol. The summed E-state index contributed by atoms with van der Waals surface area (Å²) in [5.41, 5.74) is 5.74. The zero-order valence-corrected chi connectivity index (χ0v) is 18.7. The Bertz CT molecular complexity index is 1660. The van der Waals surface area contributed by atoms with Crippen LogP contribution in [0.3, 0.4) is 0 Å². The Balaban J connectivity index is 1.48. The van der Waals surface area contributed by atoms with Crippen molar-refractivity contribution in [3.8, 4) is 33.9 Å². The van der Waals surface area contributed by atoms with Crippen LogP contribution in [0, 0.1) is 5.82 Å². The van der Waals surface area contributed by atoms with Gasteiger partial charge in [-0.3, -0.25) is 25.0 Å². The topological polar surface area (TPSA) is 121 Å². The van der Waals surface area contributed by atoms with Gasteiger partial charge in [0.15, 0.2) is 11.6 Å². The number of pyridine rings is 4. The third-order valence-corrected chi connectivity index (χ3v) is 5.79. The molecule has 0 bridgehead atoms. The third kappa shape index (κ3) is 3.69. The molecular formula is C25H20FN9. The van der Waals surface area contributed by atoms with E-state index < -0.39 is 5.82 Å². The van der Waals surface area contributed by atoms with E-state index >= 15 is 4.39 Å². The Morgan fingerprint density at radius 3 is 2.74 bits per heavy atom. The summed E-state index contributed by atoms with van der Waals surface area (Å²) < 4.78 is 15.9. The molecule has 0 spiro atoms. The smallest absolute Gasteiger partial charge is 0.161 e. The molecule has 0 saturated carbocycles. The van der Waals surface area contributed by atoms with Gasteiger partial charge in [0.2, 0.25) is 0 Å². The van der Waals surface area contributed by atoms with E-state index in [9.17, 15) is 0 Å². The fraction of sp³-hybridized carbons (Fsp3) is 0.120. The zero-order valence-electron chi connectivity index (χ0n) is 18.7. The monoisotopic (exact) mass is 465 g/mol. The number of fused-ring (bicyclic) bond motifs is 2. The number of aromatic nitrogens is 8. The molecule has 9 nitrogen and oxygen atoms in total. The predicted molar refractivity (Wildman–Crippen MR) is 131 cm³/mol. The highest BCUT2D eigenvalue weighted by Gasteiger charge is 2.21. The van der Waals surface area contributed by atoms with Crippen LogP contribution in [0.2, 0.25) is 0 Å². The van der Waals surface area contributed by atoms with Crippen molar-refractivity contribution in [3.05, 3.63) is 73.0 Å². The van der Waals surface area contributed by atoms with Crippen LogP contribution >= 0.6 is 0 Å². The lowest BCUT2D eigenvalue weighted by Gasteiger charge is -2.07. The van der Waals surface area contributed by atoms with Crippen LogP contribution in [0.1, 0.15) is 12.5 Å². The maximum atomic E-state index is 15.9. The summed E-state index contributed by atoms with van der Waals surface area (Å²) in [6.45, 7) is 3.50. The number of hydrogen-bond acceptors (Lipinski definition) is 7. The SMILES string of the molecule is CCNCc1cncc(-c2ncc3n[nH]c(-c4nc5c(-c6cccnc6)cncc5[nH]4)c3c2F)c1. The Morgan fingerprint density at radius 1 is 1.00 bits per heavy atom. The fourth-order valence-corrected chi connectivity index (χ4v) is 4.11. The van der Waals surface area contributed by atoms with Gasteiger partial charge in [0, 0.05) is 54.2 Å². The first-order valence-corrected chi connectivity index (χ1v) is 11.1. The van der Waals surface area contributed by atoms with Crippen LogP contribution in [0.25, 0.3) is 55.8 Å². The van der Waals surface area contributed by atoms with Gasteiger partial charge in [-0.05, 0) is 24.2 Å². The highest BCUT2D eigenvalue weighted by Crippen LogP contribution is 2.34. The minimum Gasteiger partial charge on any atom is -0.335 e. The first-order valence-electron chi connectivity index (χ1n) is 11.1. The van der Waals surface area contributed by atoms with Gasteiger partial charge in [0.1, 0.15) is 22.4 Å². The van der Waals surface area contributed by atoms with Crippen molar-refractivity contribution in [2.45, 2.75) is 13.5 Å². The van der Waals surface area contributed by atoms with Crippen LogP contribution in [0.4, 0.5) is 4.39 Å². The van der Waals surface area contributed by atoms with Crippen LogP contribution in [-0.2, 0) is 6.54 Å². The number of hydrogen-bond donors (Lipinski definition) is 3. The van der Waals surface area contributed by atoms with Crippen molar-refractivity contribution >= 4 is 21.9 Å². The Kier molecular flexibility index (Phi) is 5.19. The molecule has 6 aromatic rings. The highest BCUT2D eigenvalue weighted by atomic mass is 19.1. The lowest BCUT2D eigenvalue weighted by atomic mass is 10.1. The molecule has 0 aliphatic heterocycles. The first-order chi connectivity index (χ1) is 17.2. The van der Waals surface area contributed by atoms with Crippen LogP contribution < -0.4 is 5.32 Å². The average Bonchev–Trinajstić information content (AvgIpc) is 3.53. The molecule has 3 N–H and O–H groups in total. The largest absolute Gasteiger partial charge is 0.335 e. The Morgan fingerprint density at radius 2 is 1.89 bits per heavy atom. The van der Waals surface area contributed by atoms with Crippen LogP contribution in [0.5, 0.6) is 0 Å². The molecule has 6 heterocycles. The quantitative estimate of drug-likeness (QED) is 0.336. The van der Waals surface area contributed by atoms with Crippen molar-refractivity contribution in [1.29, 1.82) is 0 Å². The number of aromatic amines is 2. The second-order valence-electron chi connectivity index (χ2n) is 8.05. The van der Waals surface area contributed by atoms with Crippen molar-refractivity contribution < 1.29 is 4.39 Å². The van der Waals surface area contributed by atoms with Crippen molar-refractivity contribution in [2.75, 3.05) is 6.54 Å². The van der Waals surface area contributed by atoms with Gasteiger partial charge in [0.25, 0.3) is 0 Å².